The van der Waals surface area contributed by atoms with Crippen molar-refractivity contribution in [3.63, 3.8) is 0 Å². The van der Waals surface area contributed by atoms with E-state index >= 15 is 0 Å². The van der Waals surface area contributed by atoms with E-state index in [9.17, 15) is 9.59 Å². The minimum Gasteiger partial charge on any atom is -0.452 e. The Morgan fingerprint density at radius 1 is 1.39 bits per heavy atom. The fraction of sp³-hybridized carbons (Fsp3) is 0.500. The van der Waals surface area contributed by atoms with Gasteiger partial charge in [0.2, 0.25) is 0 Å². The van der Waals surface area contributed by atoms with Crippen molar-refractivity contribution >= 4 is 23.0 Å². The third-order valence-corrected chi connectivity index (χ3v) is 3.43. The maximum Gasteiger partial charge on any atom is 0.339 e. The number of carbonyl (C=O) groups excluding carboxylic acids is 2. The third-order valence-electron chi connectivity index (χ3n) is 3.43. The second-order valence-corrected chi connectivity index (χ2v) is 5.59. The molecule has 0 aliphatic rings. The van der Waals surface area contributed by atoms with E-state index < -0.39 is 5.97 Å². The fourth-order valence-corrected chi connectivity index (χ4v) is 2.41. The molecular formula is C16H21N3O4. The molecule has 7 heteroatoms. The molecule has 0 saturated heterocycles. The number of ether oxygens (including phenoxy) is 1. The Balaban J connectivity index is 2.07. The summed E-state index contributed by atoms with van der Waals surface area (Å²) in [5, 5.41) is 7.11. The molecule has 2 aromatic rings. The largest absolute Gasteiger partial charge is 0.452 e. The number of aryl methyl sites for hydroxylation is 2. The summed E-state index contributed by atoms with van der Waals surface area (Å²) in [4.78, 5) is 28.2. The minimum absolute atomic E-state index is 0.0568. The van der Waals surface area contributed by atoms with Crippen LogP contribution in [0.2, 0.25) is 0 Å². The minimum atomic E-state index is -0.593. The van der Waals surface area contributed by atoms with Gasteiger partial charge in [-0.2, -0.15) is 0 Å². The summed E-state index contributed by atoms with van der Waals surface area (Å²) in [5.41, 5.74) is 1.76. The topological polar surface area (TPSA) is 94.3 Å². The molecule has 0 fully saturated rings. The van der Waals surface area contributed by atoms with E-state index in [1.54, 1.807) is 19.9 Å². The Kier molecular flexibility index (Phi) is 5.31. The Morgan fingerprint density at radius 2 is 2.13 bits per heavy atom. The number of esters is 1. The van der Waals surface area contributed by atoms with Crippen LogP contribution in [0.3, 0.4) is 0 Å². The smallest absolute Gasteiger partial charge is 0.339 e. The van der Waals surface area contributed by atoms with Crippen LogP contribution in [0.15, 0.2) is 10.6 Å². The van der Waals surface area contributed by atoms with Crippen LogP contribution in [0.4, 0.5) is 0 Å². The number of carbonyl (C=O) groups is 2. The van der Waals surface area contributed by atoms with E-state index in [0.717, 1.165) is 12.8 Å². The van der Waals surface area contributed by atoms with E-state index in [2.05, 4.69) is 15.5 Å². The molecule has 23 heavy (non-hydrogen) atoms. The SMILES string of the molecule is CCC[C@H](C)NC(=O)COC(=O)c1cc(C)nc2onc(C)c12. The lowest BCUT2D eigenvalue weighted by Crippen LogP contribution is -2.35. The zero-order chi connectivity index (χ0) is 17.0. The zero-order valence-corrected chi connectivity index (χ0v) is 13.8. The third kappa shape index (κ3) is 4.06. The van der Waals surface area contributed by atoms with Gasteiger partial charge in [-0.25, -0.2) is 9.78 Å². The number of hydrogen-bond donors (Lipinski definition) is 1. The van der Waals surface area contributed by atoms with Crippen LogP contribution in [-0.4, -0.2) is 34.7 Å². The maximum atomic E-state index is 12.3. The van der Waals surface area contributed by atoms with Gasteiger partial charge in [-0.05, 0) is 33.3 Å². The quantitative estimate of drug-likeness (QED) is 0.821. The highest BCUT2D eigenvalue weighted by atomic mass is 16.5. The van der Waals surface area contributed by atoms with Gasteiger partial charge >= 0.3 is 5.97 Å². The Hall–Kier alpha value is -2.44. The first-order valence-corrected chi connectivity index (χ1v) is 7.62. The highest BCUT2D eigenvalue weighted by Crippen LogP contribution is 2.22. The fourth-order valence-electron chi connectivity index (χ4n) is 2.41. The van der Waals surface area contributed by atoms with E-state index in [0.29, 0.717) is 22.3 Å². The average molecular weight is 319 g/mol. The summed E-state index contributed by atoms with van der Waals surface area (Å²) >= 11 is 0. The number of pyridine rings is 1. The summed E-state index contributed by atoms with van der Waals surface area (Å²) in [7, 11) is 0. The highest BCUT2D eigenvalue weighted by Gasteiger charge is 2.20. The molecule has 1 N–H and O–H groups in total. The van der Waals surface area contributed by atoms with Crippen LogP contribution in [0.5, 0.6) is 0 Å². The van der Waals surface area contributed by atoms with Crippen molar-refractivity contribution in [2.75, 3.05) is 6.61 Å². The summed E-state index contributed by atoms with van der Waals surface area (Å²) in [6.07, 6.45) is 1.85. The maximum absolute atomic E-state index is 12.3. The second kappa shape index (κ2) is 7.21. The number of amides is 1. The zero-order valence-electron chi connectivity index (χ0n) is 13.8. The predicted molar refractivity (Wildman–Crippen MR) is 84.1 cm³/mol. The van der Waals surface area contributed by atoms with E-state index in [1.165, 1.54) is 0 Å². The number of aromatic nitrogens is 2. The van der Waals surface area contributed by atoms with Gasteiger partial charge < -0.3 is 14.6 Å². The van der Waals surface area contributed by atoms with Gasteiger partial charge in [-0.1, -0.05) is 18.5 Å². The van der Waals surface area contributed by atoms with Gasteiger partial charge in [0.05, 0.1) is 16.6 Å². The van der Waals surface area contributed by atoms with E-state index in [1.807, 2.05) is 13.8 Å². The number of hydrogen-bond acceptors (Lipinski definition) is 6. The lowest BCUT2D eigenvalue weighted by Gasteiger charge is -2.12. The molecule has 2 heterocycles. The highest BCUT2D eigenvalue weighted by molar-refractivity contribution is 6.03. The number of rotatable bonds is 6. The Bertz CT molecular complexity index is 723. The second-order valence-electron chi connectivity index (χ2n) is 5.59. The van der Waals surface area contributed by atoms with Crippen molar-refractivity contribution in [1.82, 2.24) is 15.5 Å². The molecular weight excluding hydrogens is 298 g/mol. The lowest BCUT2D eigenvalue weighted by atomic mass is 10.1. The van der Waals surface area contributed by atoms with Crippen molar-refractivity contribution in [2.45, 2.75) is 46.6 Å². The molecule has 1 amide bonds. The van der Waals surface area contributed by atoms with Gasteiger partial charge in [-0.3, -0.25) is 4.79 Å². The molecule has 2 aromatic heterocycles. The van der Waals surface area contributed by atoms with E-state index in [4.69, 9.17) is 9.26 Å². The number of fused-ring (bicyclic) bond motifs is 1. The Labute approximate surface area is 134 Å². The molecule has 0 radical (unpaired) electrons. The number of nitrogens with one attached hydrogen (secondary N) is 1. The van der Waals surface area contributed by atoms with Gasteiger partial charge in [-0.15, -0.1) is 0 Å². The van der Waals surface area contributed by atoms with Gasteiger partial charge in [0.25, 0.3) is 11.6 Å². The monoisotopic (exact) mass is 319 g/mol. The standard InChI is InChI=1S/C16H21N3O4/c1-5-6-9(2)17-13(20)8-22-16(21)12-7-10(3)18-15-14(12)11(4)19-23-15/h7,9H,5-6,8H2,1-4H3,(H,17,20)/t9-/m0/s1. The van der Waals surface area contributed by atoms with Crippen LogP contribution in [-0.2, 0) is 9.53 Å². The summed E-state index contributed by atoms with van der Waals surface area (Å²) in [5.74, 6) is -0.909. The van der Waals surface area contributed by atoms with Crippen molar-refractivity contribution in [3.8, 4) is 0 Å². The van der Waals surface area contributed by atoms with Crippen LogP contribution in [0.1, 0.15) is 48.4 Å². The number of nitrogens with zero attached hydrogens (tertiary/aromatic N) is 2. The molecule has 0 bridgehead atoms. The molecule has 7 nitrogen and oxygen atoms in total. The van der Waals surface area contributed by atoms with Crippen LogP contribution < -0.4 is 5.32 Å². The molecule has 0 spiro atoms. The van der Waals surface area contributed by atoms with Gasteiger partial charge in [0.1, 0.15) is 0 Å². The van der Waals surface area contributed by atoms with Crippen LogP contribution in [0, 0.1) is 13.8 Å². The average Bonchev–Trinajstić information content (AvgIpc) is 2.85. The van der Waals surface area contributed by atoms with Crippen LogP contribution in [0.25, 0.3) is 11.1 Å². The van der Waals surface area contributed by atoms with Crippen molar-refractivity contribution < 1.29 is 18.8 Å². The molecule has 0 unspecified atom stereocenters. The van der Waals surface area contributed by atoms with Crippen molar-refractivity contribution in [1.29, 1.82) is 0 Å². The summed E-state index contributed by atoms with van der Waals surface area (Å²) in [6, 6.07) is 1.66. The van der Waals surface area contributed by atoms with E-state index in [-0.39, 0.29) is 24.3 Å². The first kappa shape index (κ1) is 16.9. The molecule has 1 atom stereocenters. The van der Waals surface area contributed by atoms with Gasteiger partial charge in [0, 0.05) is 11.7 Å². The molecule has 0 aliphatic carbocycles. The molecule has 0 aromatic carbocycles. The van der Waals surface area contributed by atoms with Crippen LogP contribution >= 0.6 is 0 Å². The predicted octanol–water partition coefficient (Wildman–Crippen LogP) is 2.30. The first-order valence-electron chi connectivity index (χ1n) is 7.62. The molecule has 124 valence electrons. The normalized spacial score (nSPS) is 12.2. The Morgan fingerprint density at radius 3 is 2.83 bits per heavy atom. The molecule has 2 rings (SSSR count). The molecule has 0 aliphatic heterocycles. The summed E-state index contributed by atoms with van der Waals surface area (Å²) in [6.45, 7) is 7.10. The molecule has 0 saturated carbocycles. The van der Waals surface area contributed by atoms with Crippen molar-refractivity contribution in [2.24, 2.45) is 0 Å². The van der Waals surface area contributed by atoms with Gasteiger partial charge in [0.15, 0.2) is 6.61 Å². The lowest BCUT2D eigenvalue weighted by molar-refractivity contribution is -0.124. The first-order chi connectivity index (χ1) is 10.9. The summed E-state index contributed by atoms with van der Waals surface area (Å²) < 4.78 is 10.2. The van der Waals surface area contributed by atoms with Crippen molar-refractivity contribution in [3.05, 3.63) is 23.0 Å².